The van der Waals surface area contributed by atoms with Crippen molar-refractivity contribution in [3.8, 4) is 16.9 Å². The molecule has 1 N–H and O–H groups in total. The molecular formula is C39H52O7. The standard InChI is InChI=1S/C39H52O7/c1-26(2)24-43-20-18-34-36(32-14-10-29(7)11-15-32)33(25-46-39(42)28(5)6)23-35(31-16-12-30(13-17-31)9-8-19-40)37(34)44-21-22-45-38(41)27(3)4/h12-13,16-17,23,29,32,40H,1,3,5,8-11,14-15,18-22,24-25H2,2,4,6-7H3. The van der Waals surface area contributed by atoms with Crippen molar-refractivity contribution < 1.29 is 33.6 Å². The molecule has 0 atom stereocenters. The van der Waals surface area contributed by atoms with Crippen molar-refractivity contribution in [2.75, 3.05) is 33.0 Å². The van der Waals surface area contributed by atoms with E-state index >= 15 is 0 Å². The van der Waals surface area contributed by atoms with E-state index in [0.717, 1.165) is 76.8 Å². The fourth-order valence-electron chi connectivity index (χ4n) is 5.82. The van der Waals surface area contributed by atoms with Gasteiger partial charge in [0.15, 0.2) is 0 Å². The number of rotatable bonds is 18. The molecular weight excluding hydrogens is 580 g/mol. The molecule has 0 saturated heterocycles. The Morgan fingerprint density at radius 3 is 2.13 bits per heavy atom. The second-order valence-corrected chi connectivity index (χ2v) is 12.7. The van der Waals surface area contributed by atoms with Crippen molar-refractivity contribution in [3.63, 3.8) is 0 Å². The molecule has 0 aromatic heterocycles. The summed E-state index contributed by atoms with van der Waals surface area (Å²) in [5, 5.41) is 9.31. The second-order valence-electron chi connectivity index (χ2n) is 12.7. The summed E-state index contributed by atoms with van der Waals surface area (Å²) in [7, 11) is 0. The lowest BCUT2D eigenvalue weighted by atomic mass is 9.75. The summed E-state index contributed by atoms with van der Waals surface area (Å²) in [6, 6.07) is 10.3. The van der Waals surface area contributed by atoms with Crippen molar-refractivity contribution >= 4 is 11.9 Å². The molecule has 7 heteroatoms. The third-order valence-electron chi connectivity index (χ3n) is 8.28. The fraction of sp³-hybridized carbons (Fsp3) is 0.487. The number of hydrogen-bond donors (Lipinski definition) is 1. The van der Waals surface area contributed by atoms with E-state index in [9.17, 15) is 14.7 Å². The van der Waals surface area contributed by atoms with Crippen LogP contribution in [-0.2, 0) is 43.2 Å². The minimum absolute atomic E-state index is 0.0745. The zero-order chi connectivity index (χ0) is 33.6. The highest BCUT2D eigenvalue weighted by atomic mass is 16.6. The molecule has 1 saturated carbocycles. The molecule has 0 heterocycles. The molecule has 250 valence electrons. The second kappa shape index (κ2) is 18.5. The van der Waals surface area contributed by atoms with Gasteiger partial charge in [0.1, 0.15) is 25.6 Å². The number of ether oxygens (including phenoxy) is 4. The van der Waals surface area contributed by atoms with Crippen LogP contribution in [0, 0.1) is 5.92 Å². The van der Waals surface area contributed by atoms with Gasteiger partial charge in [-0.05, 0) is 93.0 Å². The van der Waals surface area contributed by atoms with Gasteiger partial charge in [0, 0.05) is 28.9 Å². The van der Waals surface area contributed by atoms with Gasteiger partial charge in [0.05, 0.1) is 13.2 Å². The zero-order valence-corrected chi connectivity index (χ0v) is 28.3. The maximum Gasteiger partial charge on any atom is 0.333 e. The van der Waals surface area contributed by atoms with E-state index in [0.29, 0.717) is 43.1 Å². The average Bonchev–Trinajstić information content (AvgIpc) is 3.03. The zero-order valence-electron chi connectivity index (χ0n) is 28.3. The summed E-state index contributed by atoms with van der Waals surface area (Å²) < 4.78 is 23.7. The molecule has 2 aromatic carbocycles. The normalized spacial score (nSPS) is 16.0. The molecule has 2 aromatic rings. The first kappa shape index (κ1) is 36.8. The summed E-state index contributed by atoms with van der Waals surface area (Å²) in [6.45, 7) is 20.3. The van der Waals surface area contributed by atoms with Crippen LogP contribution in [0.25, 0.3) is 11.1 Å². The van der Waals surface area contributed by atoms with Crippen molar-refractivity contribution in [1.29, 1.82) is 0 Å². The predicted octanol–water partition coefficient (Wildman–Crippen LogP) is 7.82. The number of carbonyl (C=O) groups excluding carboxylic acids is 2. The quantitative estimate of drug-likeness (QED) is 0.0775. The fourth-order valence-corrected chi connectivity index (χ4v) is 5.82. The van der Waals surface area contributed by atoms with Crippen LogP contribution in [0.1, 0.15) is 88.0 Å². The van der Waals surface area contributed by atoms with E-state index in [1.54, 1.807) is 13.8 Å². The van der Waals surface area contributed by atoms with Crippen molar-refractivity contribution in [1.82, 2.24) is 0 Å². The molecule has 0 spiro atoms. The van der Waals surface area contributed by atoms with Gasteiger partial charge in [-0.1, -0.05) is 69.3 Å². The molecule has 0 amide bonds. The smallest absolute Gasteiger partial charge is 0.333 e. The van der Waals surface area contributed by atoms with E-state index in [1.807, 2.05) is 6.92 Å². The monoisotopic (exact) mass is 632 g/mol. The molecule has 3 rings (SSSR count). The molecule has 1 aliphatic carbocycles. The Morgan fingerprint density at radius 1 is 0.870 bits per heavy atom. The Bertz CT molecular complexity index is 1360. The first-order chi connectivity index (χ1) is 22.0. The summed E-state index contributed by atoms with van der Waals surface area (Å²) in [4.78, 5) is 24.7. The molecule has 0 bridgehead atoms. The lowest BCUT2D eigenvalue weighted by Crippen LogP contribution is -2.19. The molecule has 0 radical (unpaired) electrons. The number of hydrogen-bond acceptors (Lipinski definition) is 7. The van der Waals surface area contributed by atoms with Crippen LogP contribution >= 0.6 is 0 Å². The number of benzene rings is 2. The highest BCUT2D eigenvalue weighted by Crippen LogP contribution is 2.45. The minimum atomic E-state index is -0.456. The van der Waals surface area contributed by atoms with Crippen LogP contribution in [0.4, 0.5) is 0 Å². The highest BCUT2D eigenvalue weighted by molar-refractivity contribution is 5.87. The van der Waals surface area contributed by atoms with E-state index in [1.165, 1.54) is 0 Å². The van der Waals surface area contributed by atoms with Gasteiger partial charge in [0.2, 0.25) is 0 Å². The summed E-state index contributed by atoms with van der Waals surface area (Å²) in [6.07, 6.45) is 6.34. The van der Waals surface area contributed by atoms with E-state index in [2.05, 4.69) is 57.0 Å². The van der Waals surface area contributed by atoms with Gasteiger partial charge in [-0.25, -0.2) is 9.59 Å². The third kappa shape index (κ3) is 11.0. The number of aliphatic hydroxyl groups excluding tert-OH is 1. The lowest BCUT2D eigenvalue weighted by Gasteiger charge is -2.32. The number of aryl methyl sites for hydroxylation is 1. The van der Waals surface area contributed by atoms with Crippen LogP contribution in [0.3, 0.4) is 0 Å². The Morgan fingerprint density at radius 2 is 1.52 bits per heavy atom. The largest absolute Gasteiger partial charge is 0.489 e. The Hall–Kier alpha value is -3.68. The molecule has 1 aliphatic rings. The molecule has 0 aliphatic heterocycles. The number of carbonyl (C=O) groups is 2. The van der Waals surface area contributed by atoms with E-state index in [4.69, 9.17) is 18.9 Å². The maximum absolute atomic E-state index is 12.6. The van der Waals surface area contributed by atoms with Gasteiger partial charge >= 0.3 is 11.9 Å². The summed E-state index contributed by atoms with van der Waals surface area (Å²) >= 11 is 0. The van der Waals surface area contributed by atoms with Gasteiger partial charge in [0.25, 0.3) is 0 Å². The number of esters is 2. The maximum atomic E-state index is 12.6. The first-order valence-electron chi connectivity index (χ1n) is 16.4. The molecule has 46 heavy (non-hydrogen) atoms. The van der Waals surface area contributed by atoms with E-state index < -0.39 is 11.9 Å². The Labute approximate surface area is 275 Å². The van der Waals surface area contributed by atoms with Crippen LogP contribution in [0.5, 0.6) is 5.75 Å². The van der Waals surface area contributed by atoms with Gasteiger partial charge in [-0.3, -0.25) is 0 Å². The molecule has 7 nitrogen and oxygen atoms in total. The molecule has 1 fully saturated rings. The summed E-state index contributed by atoms with van der Waals surface area (Å²) in [5.41, 5.74) is 7.69. The summed E-state index contributed by atoms with van der Waals surface area (Å²) in [5.74, 6) is 0.762. The van der Waals surface area contributed by atoms with Crippen LogP contribution in [-0.4, -0.2) is 50.1 Å². The van der Waals surface area contributed by atoms with Crippen LogP contribution < -0.4 is 4.74 Å². The topological polar surface area (TPSA) is 91.3 Å². The van der Waals surface area contributed by atoms with Gasteiger partial charge in [-0.15, -0.1) is 0 Å². The van der Waals surface area contributed by atoms with Gasteiger partial charge < -0.3 is 24.1 Å². The predicted molar refractivity (Wildman–Crippen MR) is 183 cm³/mol. The lowest BCUT2D eigenvalue weighted by molar-refractivity contribution is -0.140. The minimum Gasteiger partial charge on any atom is -0.489 e. The Kier molecular flexibility index (Phi) is 14.8. The highest BCUT2D eigenvalue weighted by Gasteiger charge is 2.29. The third-order valence-corrected chi connectivity index (χ3v) is 8.28. The van der Waals surface area contributed by atoms with Crippen molar-refractivity contribution in [2.24, 2.45) is 5.92 Å². The Balaban J connectivity index is 2.18. The van der Waals surface area contributed by atoms with Crippen LogP contribution in [0.15, 0.2) is 66.8 Å². The van der Waals surface area contributed by atoms with Gasteiger partial charge in [-0.2, -0.15) is 0 Å². The van der Waals surface area contributed by atoms with Crippen molar-refractivity contribution in [3.05, 3.63) is 89.0 Å². The van der Waals surface area contributed by atoms with Crippen molar-refractivity contribution in [2.45, 2.75) is 85.2 Å². The SMILES string of the molecule is C=C(C)COCCc1c(OCCOC(=O)C(=C)C)c(-c2ccc(CCCO)cc2)cc(COC(=O)C(=C)C)c1C1CCC(C)CC1. The molecule has 0 unspecified atom stereocenters. The average molecular weight is 633 g/mol. The number of aliphatic hydroxyl groups is 1. The first-order valence-corrected chi connectivity index (χ1v) is 16.4. The van der Waals surface area contributed by atoms with Crippen LogP contribution in [0.2, 0.25) is 0 Å². The van der Waals surface area contributed by atoms with E-state index in [-0.39, 0.29) is 32.3 Å².